The van der Waals surface area contributed by atoms with E-state index in [1.807, 2.05) is 0 Å². The van der Waals surface area contributed by atoms with Crippen LogP contribution in [0, 0.1) is 0 Å². The zero-order valence-electron chi connectivity index (χ0n) is 14.2. The van der Waals surface area contributed by atoms with E-state index in [1.165, 1.54) is 18.3 Å². The minimum absolute atomic E-state index is 0.0272. The molecule has 7 nitrogen and oxygen atoms in total. The molecule has 1 aromatic carbocycles. The number of rotatable bonds is 4. The summed E-state index contributed by atoms with van der Waals surface area (Å²) < 4.78 is 0. The molecule has 0 atom stereocenters. The summed E-state index contributed by atoms with van der Waals surface area (Å²) in [7, 11) is 0. The molecule has 150 valence electrons. The van der Waals surface area contributed by atoms with E-state index in [2.05, 4.69) is 15.3 Å². The lowest BCUT2D eigenvalue weighted by atomic mass is 10.2. The van der Waals surface area contributed by atoms with Crippen LogP contribution in [0.5, 0.6) is 0 Å². The van der Waals surface area contributed by atoms with Crippen molar-refractivity contribution in [2.75, 3.05) is 5.32 Å². The fraction of sp³-hybridized carbons (Fsp3) is 0. The van der Waals surface area contributed by atoms with Crippen LogP contribution in [0.4, 0.5) is 11.5 Å². The second kappa shape index (κ2) is 10.3. The molecule has 0 aliphatic carbocycles. The fourth-order valence-corrected chi connectivity index (χ4v) is 2.46. The van der Waals surface area contributed by atoms with Crippen LogP contribution >= 0.6 is 46.4 Å². The first-order valence-electron chi connectivity index (χ1n) is 7.63. The van der Waals surface area contributed by atoms with Crippen molar-refractivity contribution in [2.45, 2.75) is 0 Å². The number of pyridine rings is 2. The highest BCUT2D eigenvalue weighted by Gasteiger charge is 2.08. The Hall–Kier alpha value is -2.58. The molecule has 0 amide bonds. The lowest BCUT2D eigenvalue weighted by Crippen LogP contribution is -2.00. The predicted molar refractivity (Wildman–Crippen MR) is 112 cm³/mol. The maximum atomic E-state index is 10.7. The number of carboxylic acid groups (broad SMARTS) is 2. The molecular weight excluding hydrogens is 464 g/mol. The largest absolute Gasteiger partial charge is 0.478 e. The van der Waals surface area contributed by atoms with Gasteiger partial charge in [0.15, 0.2) is 0 Å². The van der Waals surface area contributed by atoms with E-state index in [0.717, 1.165) is 11.9 Å². The van der Waals surface area contributed by atoms with E-state index in [-0.39, 0.29) is 26.3 Å². The minimum atomic E-state index is -1.07. The van der Waals surface area contributed by atoms with Crippen molar-refractivity contribution in [1.82, 2.24) is 9.97 Å². The van der Waals surface area contributed by atoms with Gasteiger partial charge in [-0.05, 0) is 36.4 Å². The Bertz CT molecular complexity index is 1050. The normalized spacial score (nSPS) is 9.93. The van der Waals surface area contributed by atoms with E-state index >= 15 is 0 Å². The van der Waals surface area contributed by atoms with Crippen molar-refractivity contribution in [3.8, 4) is 0 Å². The van der Waals surface area contributed by atoms with Crippen LogP contribution in [0.15, 0.2) is 48.8 Å². The Morgan fingerprint density at radius 1 is 0.793 bits per heavy atom. The van der Waals surface area contributed by atoms with Crippen molar-refractivity contribution in [1.29, 1.82) is 0 Å². The molecule has 0 unspecified atom stereocenters. The molecule has 2 heterocycles. The van der Waals surface area contributed by atoms with Gasteiger partial charge in [-0.2, -0.15) is 0 Å². The molecule has 11 heteroatoms. The number of anilines is 2. The molecule has 0 radical (unpaired) electrons. The number of nitrogens with one attached hydrogen (secondary N) is 1. The average molecular weight is 475 g/mol. The highest BCUT2D eigenvalue weighted by molar-refractivity contribution is 6.41. The maximum Gasteiger partial charge on any atom is 0.337 e. The average Bonchev–Trinajstić information content (AvgIpc) is 2.67. The van der Waals surface area contributed by atoms with Gasteiger partial charge in [0.2, 0.25) is 0 Å². The third-order valence-corrected chi connectivity index (χ3v) is 4.46. The van der Waals surface area contributed by atoms with Crippen LogP contribution < -0.4 is 5.32 Å². The van der Waals surface area contributed by atoms with E-state index in [9.17, 15) is 9.59 Å². The number of hydrogen-bond acceptors (Lipinski definition) is 5. The standard InChI is InChI=1S/C12H8Cl2N2O2.C6H3Cl2NO2/c13-8-1-3-9(4-2-8)16-11-10(14)5-7(6-15-11)12(17)18;7-4-1-3(6(10)11)2-9-5(4)8/h1-6H,(H,15,16)(H,17,18);1-2H,(H,10,11). The Labute approximate surface area is 184 Å². The summed E-state index contributed by atoms with van der Waals surface area (Å²) in [5.74, 6) is -1.75. The molecule has 29 heavy (non-hydrogen) atoms. The molecule has 0 aliphatic heterocycles. The zero-order valence-corrected chi connectivity index (χ0v) is 17.3. The SMILES string of the molecule is O=C(O)c1cnc(Cl)c(Cl)c1.O=C(O)c1cnc(Nc2ccc(Cl)cc2)c(Cl)c1. The van der Waals surface area contributed by atoms with E-state index in [4.69, 9.17) is 56.6 Å². The summed E-state index contributed by atoms with van der Waals surface area (Å²) in [6.45, 7) is 0. The van der Waals surface area contributed by atoms with Crippen molar-refractivity contribution in [2.24, 2.45) is 0 Å². The second-order valence-corrected chi connectivity index (χ2v) is 6.90. The summed E-state index contributed by atoms with van der Waals surface area (Å²) in [6, 6.07) is 9.58. The van der Waals surface area contributed by atoms with Gasteiger partial charge < -0.3 is 15.5 Å². The maximum absolute atomic E-state index is 10.7. The predicted octanol–water partition coefficient (Wildman–Crippen LogP) is 5.92. The van der Waals surface area contributed by atoms with Crippen molar-refractivity contribution in [3.63, 3.8) is 0 Å². The summed E-state index contributed by atoms with van der Waals surface area (Å²) in [5.41, 5.74) is 0.831. The number of nitrogens with zero attached hydrogens (tertiary/aromatic N) is 2. The van der Waals surface area contributed by atoms with Gasteiger partial charge in [0, 0.05) is 23.1 Å². The molecule has 0 aliphatic rings. The van der Waals surface area contributed by atoms with Gasteiger partial charge in [0.1, 0.15) is 11.0 Å². The summed E-state index contributed by atoms with van der Waals surface area (Å²) in [6.07, 6.45) is 2.39. The van der Waals surface area contributed by atoms with Crippen LogP contribution in [-0.4, -0.2) is 32.1 Å². The van der Waals surface area contributed by atoms with Gasteiger partial charge in [-0.1, -0.05) is 46.4 Å². The first kappa shape index (κ1) is 22.7. The Kier molecular flexibility index (Phi) is 8.04. The molecule has 0 saturated heterocycles. The first-order valence-corrected chi connectivity index (χ1v) is 9.14. The lowest BCUT2D eigenvalue weighted by Gasteiger charge is -2.07. The summed E-state index contributed by atoms with van der Waals surface area (Å²) >= 11 is 22.7. The number of aromatic nitrogens is 2. The quantitative estimate of drug-likeness (QED) is 0.402. The third kappa shape index (κ3) is 6.76. The molecule has 0 fully saturated rings. The minimum Gasteiger partial charge on any atom is -0.478 e. The number of carbonyl (C=O) groups is 2. The number of benzene rings is 1. The topological polar surface area (TPSA) is 112 Å². The molecule has 3 N–H and O–H groups in total. The Morgan fingerprint density at radius 2 is 1.31 bits per heavy atom. The molecule has 0 bridgehead atoms. The van der Waals surface area contributed by atoms with Crippen LogP contribution in [0.25, 0.3) is 0 Å². The van der Waals surface area contributed by atoms with Gasteiger partial charge in [0.05, 0.1) is 21.2 Å². The molecule has 0 spiro atoms. The Balaban J connectivity index is 0.000000234. The highest BCUT2D eigenvalue weighted by atomic mass is 35.5. The van der Waals surface area contributed by atoms with Crippen LogP contribution in [0.1, 0.15) is 20.7 Å². The van der Waals surface area contributed by atoms with Crippen LogP contribution in [-0.2, 0) is 0 Å². The highest BCUT2D eigenvalue weighted by Crippen LogP contribution is 2.24. The van der Waals surface area contributed by atoms with Gasteiger partial charge >= 0.3 is 11.9 Å². The molecule has 2 aromatic heterocycles. The summed E-state index contributed by atoms with van der Waals surface area (Å²) in [5, 5.41) is 21.3. The van der Waals surface area contributed by atoms with E-state index < -0.39 is 11.9 Å². The van der Waals surface area contributed by atoms with Gasteiger partial charge in [-0.15, -0.1) is 0 Å². The molecule has 3 aromatic rings. The van der Waals surface area contributed by atoms with E-state index in [0.29, 0.717) is 10.8 Å². The van der Waals surface area contributed by atoms with Gasteiger partial charge in [-0.3, -0.25) is 0 Å². The van der Waals surface area contributed by atoms with Crippen molar-refractivity contribution < 1.29 is 19.8 Å². The van der Waals surface area contributed by atoms with Crippen molar-refractivity contribution in [3.05, 3.63) is 80.1 Å². The molecule has 0 saturated carbocycles. The number of halogens is 4. The summed E-state index contributed by atoms with van der Waals surface area (Å²) in [4.78, 5) is 28.6. The van der Waals surface area contributed by atoms with Crippen molar-refractivity contribution >= 4 is 69.8 Å². The number of aromatic carboxylic acids is 2. The monoisotopic (exact) mass is 473 g/mol. The molecule has 3 rings (SSSR count). The number of hydrogen-bond donors (Lipinski definition) is 3. The van der Waals surface area contributed by atoms with Gasteiger partial charge in [-0.25, -0.2) is 19.6 Å². The molecular formula is C18H11Cl4N3O4. The zero-order chi connectivity index (χ0) is 21.6. The third-order valence-electron chi connectivity index (χ3n) is 3.24. The van der Waals surface area contributed by atoms with E-state index in [1.54, 1.807) is 24.3 Å². The van der Waals surface area contributed by atoms with Crippen LogP contribution in [0.2, 0.25) is 20.2 Å². The Morgan fingerprint density at radius 3 is 1.79 bits per heavy atom. The number of carboxylic acids is 2. The second-order valence-electron chi connectivity index (χ2n) is 5.29. The lowest BCUT2D eigenvalue weighted by molar-refractivity contribution is 0.0685. The fourth-order valence-electron chi connectivity index (χ4n) is 1.85. The smallest absolute Gasteiger partial charge is 0.337 e. The van der Waals surface area contributed by atoms with Gasteiger partial charge in [0.25, 0.3) is 0 Å². The first-order chi connectivity index (χ1) is 13.7. The van der Waals surface area contributed by atoms with Crippen LogP contribution in [0.3, 0.4) is 0 Å².